The van der Waals surface area contributed by atoms with Crippen LogP contribution in [0.3, 0.4) is 0 Å². The zero-order valence-corrected chi connectivity index (χ0v) is 10.7. The molecule has 0 saturated heterocycles. The van der Waals surface area contributed by atoms with E-state index >= 15 is 0 Å². The molecule has 1 atom stereocenters. The van der Waals surface area contributed by atoms with Gasteiger partial charge in [-0.3, -0.25) is 0 Å². The second-order valence-corrected chi connectivity index (χ2v) is 5.30. The third kappa shape index (κ3) is 3.29. The molecule has 1 rings (SSSR count). The van der Waals surface area contributed by atoms with Crippen molar-refractivity contribution in [3.05, 3.63) is 29.8 Å². The van der Waals surface area contributed by atoms with E-state index in [1.807, 2.05) is 0 Å². The van der Waals surface area contributed by atoms with Crippen molar-refractivity contribution in [2.75, 3.05) is 7.05 Å². The first-order valence-electron chi connectivity index (χ1n) is 5.05. The molecule has 0 aromatic heterocycles. The van der Waals surface area contributed by atoms with Crippen LogP contribution in [0.5, 0.6) is 0 Å². The molecular weight excluding hydrogens is 256 g/mol. The van der Waals surface area contributed by atoms with Crippen molar-refractivity contribution < 1.29 is 17.9 Å². The Bertz CT molecular complexity index is 589. The van der Waals surface area contributed by atoms with Crippen LogP contribution in [0.1, 0.15) is 17.3 Å². The van der Waals surface area contributed by atoms with Gasteiger partial charge in [-0.2, -0.15) is 5.26 Å². The highest BCUT2D eigenvalue weighted by atomic mass is 32.2. The number of hydrogen-bond donors (Lipinski definition) is 1. The molecule has 0 heterocycles. The van der Waals surface area contributed by atoms with Crippen molar-refractivity contribution in [1.82, 2.24) is 4.72 Å². The largest absolute Gasteiger partial charge is 0.444 e. The Kier molecular flexibility index (Phi) is 4.42. The van der Waals surface area contributed by atoms with Crippen LogP contribution in [0.2, 0.25) is 0 Å². The Morgan fingerprint density at radius 2 is 2.17 bits per heavy atom. The fraction of sp³-hybridized carbons (Fsp3) is 0.273. The lowest BCUT2D eigenvalue weighted by Gasteiger charge is -2.07. The predicted molar refractivity (Wildman–Crippen MR) is 63.2 cm³/mol. The van der Waals surface area contributed by atoms with Crippen LogP contribution < -0.4 is 4.72 Å². The number of nitrogens with one attached hydrogen (secondary N) is 1. The molecule has 0 aliphatic heterocycles. The molecule has 1 N–H and O–H groups in total. The summed E-state index contributed by atoms with van der Waals surface area (Å²) in [5.41, 5.74) is 0.0772. The van der Waals surface area contributed by atoms with Crippen LogP contribution in [0, 0.1) is 11.3 Å². The van der Waals surface area contributed by atoms with Crippen molar-refractivity contribution in [3.8, 4) is 6.07 Å². The maximum absolute atomic E-state index is 11.6. The van der Waals surface area contributed by atoms with E-state index < -0.39 is 22.1 Å². The normalized spacial score (nSPS) is 12.5. The maximum atomic E-state index is 11.6. The third-order valence-electron chi connectivity index (χ3n) is 2.11. The average molecular weight is 268 g/mol. The van der Waals surface area contributed by atoms with Gasteiger partial charge in [-0.1, -0.05) is 6.07 Å². The number of ether oxygens (including phenoxy) is 1. The van der Waals surface area contributed by atoms with Gasteiger partial charge in [-0.05, 0) is 32.2 Å². The second-order valence-electron chi connectivity index (χ2n) is 3.41. The molecule has 96 valence electrons. The van der Waals surface area contributed by atoms with Crippen LogP contribution in [0.25, 0.3) is 0 Å². The van der Waals surface area contributed by atoms with Gasteiger partial charge in [-0.15, -0.1) is 0 Å². The van der Waals surface area contributed by atoms with E-state index in [1.54, 1.807) is 6.07 Å². The summed E-state index contributed by atoms with van der Waals surface area (Å²) in [7, 11) is -2.34. The molecule has 0 spiro atoms. The molecule has 6 nitrogen and oxygen atoms in total. The summed E-state index contributed by atoms with van der Waals surface area (Å²) in [6, 6.07) is 7.14. The number of nitriles is 1. The molecule has 0 bridgehead atoms. The van der Waals surface area contributed by atoms with Gasteiger partial charge in [-0.25, -0.2) is 17.9 Å². The minimum absolute atomic E-state index is 0.0379. The van der Waals surface area contributed by atoms with Gasteiger partial charge < -0.3 is 4.74 Å². The number of esters is 1. The van der Waals surface area contributed by atoms with Crippen molar-refractivity contribution in [2.45, 2.75) is 17.9 Å². The number of rotatable bonds is 4. The Morgan fingerprint density at radius 1 is 1.50 bits per heavy atom. The van der Waals surface area contributed by atoms with E-state index in [-0.39, 0.29) is 10.5 Å². The second kappa shape index (κ2) is 5.62. The topological polar surface area (TPSA) is 96.3 Å². The van der Waals surface area contributed by atoms with Gasteiger partial charge in [0.1, 0.15) is 6.07 Å². The van der Waals surface area contributed by atoms with E-state index in [0.717, 1.165) is 0 Å². The van der Waals surface area contributed by atoms with Gasteiger partial charge in [0.2, 0.25) is 10.0 Å². The van der Waals surface area contributed by atoms with Crippen molar-refractivity contribution in [1.29, 1.82) is 5.26 Å². The van der Waals surface area contributed by atoms with E-state index in [0.29, 0.717) is 0 Å². The summed E-state index contributed by atoms with van der Waals surface area (Å²) in [4.78, 5) is 11.6. The Morgan fingerprint density at radius 3 is 2.72 bits per heavy atom. The first-order valence-corrected chi connectivity index (χ1v) is 6.53. The van der Waals surface area contributed by atoms with Crippen LogP contribution in [-0.4, -0.2) is 27.5 Å². The summed E-state index contributed by atoms with van der Waals surface area (Å²) < 4.78 is 30.0. The van der Waals surface area contributed by atoms with Crippen molar-refractivity contribution in [3.63, 3.8) is 0 Å². The highest BCUT2D eigenvalue weighted by Gasteiger charge is 2.16. The number of hydrogen-bond acceptors (Lipinski definition) is 5. The lowest BCUT2D eigenvalue weighted by atomic mass is 10.2. The Labute approximate surface area is 105 Å². The molecule has 18 heavy (non-hydrogen) atoms. The molecule has 0 aliphatic rings. The summed E-state index contributed by atoms with van der Waals surface area (Å²) in [6.07, 6.45) is -0.887. The molecule has 1 aromatic rings. The van der Waals surface area contributed by atoms with Crippen molar-refractivity contribution in [2.24, 2.45) is 0 Å². The smallest absolute Gasteiger partial charge is 0.339 e. The number of nitrogens with zero attached hydrogens (tertiary/aromatic N) is 1. The summed E-state index contributed by atoms with van der Waals surface area (Å²) in [5, 5.41) is 8.52. The fourth-order valence-electron chi connectivity index (χ4n) is 1.16. The molecule has 0 radical (unpaired) electrons. The molecule has 1 aromatic carbocycles. The SMILES string of the molecule is CNS(=O)(=O)c1cccc(C(=O)O[C@@H](C)C#N)c1. The van der Waals surface area contributed by atoms with Crippen LogP contribution in [0.15, 0.2) is 29.2 Å². The first kappa shape index (κ1) is 14.2. The number of benzene rings is 1. The van der Waals surface area contributed by atoms with Gasteiger partial charge in [0, 0.05) is 0 Å². The molecule has 0 aliphatic carbocycles. The van der Waals surface area contributed by atoms with Crippen LogP contribution in [0.4, 0.5) is 0 Å². The molecule has 0 saturated carbocycles. The monoisotopic (exact) mass is 268 g/mol. The number of carbonyl (C=O) groups excluding carboxylic acids is 1. The standard InChI is InChI=1S/C11H12N2O4S/c1-8(7-12)17-11(14)9-4-3-5-10(6-9)18(15,16)13-2/h3-6,8,13H,1-2H3/t8-/m0/s1. The molecule has 0 fully saturated rings. The predicted octanol–water partition coefficient (Wildman–Crippen LogP) is 0.664. The van der Waals surface area contributed by atoms with Crippen LogP contribution >= 0.6 is 0 Å². The van der Waals surface area contributed by atoms with E-state index in [9.17, 15) is 13.2 Å². The molecular formula is C11H12N2O4S. The van der Waals surface area contributed by atoms with Gasteiger partial charge in [0.05, 0.1) is 10.5 Å². The average Bonchev–Trinajstić information content (AvgIpc) is 2.38. The Hall–Kier alpha value is -1.91. The third-order valence-corrected chi connectivity index (χ3v) is 3.53. The maximum Gasteiger partial charge on any atom is 0.339 e. The van der Waals surface area contributed by atoms with Gasteiger partial charge >= 0.3 is 5.97 Å². The molecule has 0 unspecified atom stereocenters. The fourth-order valence-corrected chi connectivity index (χ4v) is 1.94. The minimum Gasteiger partial charge on any atom is -0.444 e. The summed E-state index contributed by atoms with van der Waals surface area (Å²) in [6.45, 7) is 1.42. The van der Waals surface area contributed by atoms with Gasteiger partial charge in [0.15, 0.2) is 6.10 Å². The molecule has 7 heteroatoms. The summed E-state index contributed by atoms with van der Waals surface area (Å²) in [5.74, 6) is -0.739. The van der Waals surface area contributed by atoms with E-state index in [1.165, 1.54) is 38.2 Å². The lowest BCUT2D eigenvalue weighted by molar-refractivity contribution is 0.0435. The van der Waals surface area contributed by atoms with Crippen LogP contribution in [-0.2, 0) is 14.8 Å². The Balaban J connectivity index is 3.04. The minimum atomic E-state index is -3.61. The highest BCUT2D eigenvalue weighted by Crippen LogP contribution is 2.12. The lowest BCUT2D eigenvalue weighted by Crippen LogP contribution is -2.19. The summed E-state index contributed by atoms with van der Waals surface area (Å²) >= 11 is 0. The highest BCUT2D eigenvalue weighted by molar-refractivity contribution is 7.89. The number of carbonyl (C=O) groups is 1. The number of sulfonamides is 1. The quantitative estimate of drug-likeness (QED) is 0.809. The van der Waals surface area contributed by atoms with Crippen molar-refractivity contribution >= 4 is 16.0 Å². The molecule has 0 amide bonds. The van der Waals surface area contributed by atoms with E-state index in [2.05, 4.69) is 4.72 Å². The first-order chi connectivity index (χ1) is 8.40. The zero-order chi connectivity index (χ0) is 13.8. The van der Waals surface area contributed by atoms with E-state index in [4.69, 9.17) is 10.00 Å². The van der Waals surface area contributed by atoms with Gasteiger partial charge in [0.25, 0.3) is 0 Å². The zero-order valence-electron chi connectivity index (χ0n) is 9.88.